The van der Waals surface area contributed by atoms with Crippen molar-refractivity contribution in [1.29, 1.82) is 0 Å². The molecule has 1 rings (SSSR count). The Morgan fingerprint density at radius 1 is 0.895 bits per heavy atom. The molecule has 0 heterocycles. The Hall–Kier alpha value is -1.37. The summed E-state index contributed by atoms with van der Waals surface area (Å²) in [7, 11) is 0. The highest BCUT2D eigenvalue weighted by atomic mass is 19.2. The van der Waals surface area contributed by atoms with Crippen LogP contribution < -0.4 is 10.1 Å². The van der Waals surface area contributed by atoms with Crippen molar-refractivity contribution in [3.63, 3.8) is 0 Å². The van der Waals surface area contributed by atoms with Crippen LogP contribution in [-0.4, -0.2) is 19.2 Å². The van der Waals surface area contributed by atoms with Crippen LogP contribution >= 0.6 is 0 Å². The third-order valence-corrected chi connectivity index (χ3v) is 2.29. The van der Waals surface area contributed by atoms with Gasteiger partial charge >= 0.3 is 0 Å². The van der Waals surface area contributed by atoms with Crippen molar-refractivity contribution in [2.24, 2.45) is 0 Å². The molecular formula is C12H14F5NO. The number of halogens is 5. The van der Waals surface area contributed by atoms with Crippen molar-refractivity contribution in [2.45, 2.75) is 26.3 Å². The molecule has 0 bridgehead atoms. The lowest BCUT2D eigenvalue weighted by Crippen LogP contribution is -2.25. The summed E-state index contributed by atoms with van der Waals surface area (Å²) in [6.07, 6.45) is 0.373. The van der Waals surface area contributed by atoms with Crippen molar-refractivity contribution >= 4 is 0 Å². The lowest BCUT2D eigenvalue weighted by molar-refractivity contribution is 0.256. The molecule has 108 valence electrons. The van der Waals surface area contributed by atoms with Crippen LogP contribution in [0.15, 0.2) is 0 Å². The fourth-order valence-electron chi connectivity index (χ4n) is 1.35. The van der Waals surface area contributed by atoms with Crippen LogP contribution in [0.25, 0.3) is 0 Å². The van der Waals surface area contributed by atoms with Crippen molar-refractivity contribution in [2.75, 3.05) is 13.2 Å². The van der Waals surface area contributed by atoms with E-state index in [-0.39, 0.29) is 12.6 Å². The summed E-state index contributed by atoms with van der Waals surface area (Å²) in [6.45, 7) is 4.17. The van der Waals surface area contributed by atoms with E-state index < -0.39 is 34.8 Å². The molecule has 0 aliphatic heterocycles. The molecule has 0 aromatic heterocycles. The smallest absolute Gasteiger partial charge is 0.206 e. The third-order valence-electron chi connectivity index (χ3n) is 2.29. The minimum Gasteiger partial charge on any atom is -0.487 e. The van der Waals surface area contributed by atoms with Crippen LogP contribution in [0.3, 0.4) is 0 Å². The highest BCUT2D eigenvalue weighted by Crippen LogP contribution is 2.29. The van der Waals surface area contributed by atoms with Crippen molar-refractivity contribution in [3.05, 3.63) is 29.1 Å². The molecule has 0 radical (unpaired) electrons. The van der Waals surface area contributed by atoms with Gasteiger partial charge in [-0.25, -0.2) is 13.2 Å². The van der Waals surface area contributed by atoms with Gasteiger partial charge in [-0.05, 0) is 13.0 Å². The predicted octanol–water partition coefficient (Wildman–Crippen LogP) is 3.15. The second-order valence-electron chi connectivity index (χ2n) is 4.21. The Morgan fingerprint density at radius 3 is 1.84 bits per heavy atom. The first-order chi connectivity index (χ1) is 8.86. The number of hydrogen-bond acceptors (Lipinski definition) is 2. The highest BCUT2D eigenvalue weighted by molar-refractivity contribution is 5.29. The first kappa shape index (κ1) is 15.7. The quantitative estimate of drug-likeness (QED) is 0.375. The van der Waals surface area contributed by atoms with Gasteiger partial charge in [0.15, 0.2) is 5.75 Å². The summed E-state index contributed by atoms with van der Waals surface area (Å²) in [4.78, 5) is 0. The molecule has 2 nitrogen and oxygen atoms in total. The van der Waals surface area contributed by atoms with Crippen LogP contribution in [0, 0.1) is 29.1 Å². The average molecular weight is 283 g/mol. The van der Waals surface area contributed by atoms with E-state index in [2.05, 4.69) is 10.1 Å². The maximum absolute atomic E-state index is 13.2. The number of ether oxygens (including phenoxy) is 1. The largest absolute Gasteiger partial charge is 0.487 e. The number of rotatable bonds is 6. The predicted molar refractivity (Wildman–Crippen MR) is 59.5 cm³/mol. The van der Waals surface area contributed by atoms with E-state index in [1.165, 1.54) is 0 Å². The Morgan fingerprint density at radius 2 is 1.37 bits per heavy atom. The standard InChI is InChI=1S/C12H14F5NO/c1-6(2)18-4-3-5-19-12-10(16)8(14)7(13)9(15)11(12)17/h6,18H,3-5H2,1-2H3. The van der Waals surface area contributed by atoms with Crippen molar-refractivity contribution in [1.82, 2.24) is 5.32 Å². The fourth-order valence-corrected chi connectivity index (χ4v) is 1.35. The second kappa shape index (κ2) is 6.70. The number of nitrogens with one attached hydrogen (secondary N) is 1. The van der Waals surface area contributed by atoms with Crippen molar-refractivity contribution < 1.29 is 26.7 Å². The summed E-state index contributed by atoms with van der Waals surface area (Å²) in [5, 5.41) is 3.02. The van der Waals surface area contributed by atoms with Crippen LogP contribution in [-0.2, 0) is 0 Å². The SMILES string of the molecule is CC(C)NCCCOc1c(F)c(F)c(F)c(F)c1F. The van der Waals surface area contributed by atoms with Gasteiger partial charge in [-0.15, -0.1) is 0 Å². The Balaban J connectivity index is 2.69. The first-order valence-corrected chi connectivity index (χ1v) is 5.73. The summed E-state index contributed by atoms with van der Waals surface area (Å²) in [5.41, 5.74) is 0. The summed E-state index contributed by atoms with van der Waals surface area (Å²) < 4.78 is 69.4. The lowest BCUT2D eigenvalue weighted by Gasteiger charge is -2.11. The normalized spacial score (nSPS) is 11.2. The molecule has 0 aliphatic rings. The monoisotopic (exact) mass is 283 g/mol. The summed E-state index contributed by atoms with van der Waals surface area (Å²) in [6, 6.07) is 0.231. The van der Waals surface area contributed by atoms with E-state index in [1.807, 2.05) is 13.8 Å². The zero-order valence-electron chi connectivity index (χ0n) is 10.5. The molecule has 1 aromatic carbocycles. The zero-order valence-corrected chi connectivity index (χ0v) is 10.5. The summed E-state index contributed by atoms with van der Waals surface area (Å²) >= 11 is 0. The minimum atomic E-state index is -2.19. The van der Waals surface area contributed by atoms with E-state index in [1.54, 1.807) is 0 Å². The topological polar surface area (TPSA) is 21.3 Å². The molecule has 1 aromatic rings. The molecule has 0 aliphatic carbocycles. The molecule has 0 unspecified atom stereocenters. The van der Waals surface area contributed by atoms with Gasteiger partial charge < -0.3 is 10.1 Å². The van der Waals surface area contributed by atoms with Gasteiger partial charge in [0.25, 0.3) is 0 Å². The maximum atomic E-state index is 13.2. The van der Waals surface area contributed by atoms with Gasteiger partial charge in [0.05, 0.1) is 6.61 Å². The van der Waals surface area contributed by atoms with Gasteiger partial charge in [0.2, 0.25) is 29.1 Å². The first-order valence-electron chi connectivity index (χ1n) is 5.73. The molecule has 0 amide bonds. The fraction of sp³-hybridized carbons (Fsp3) is 0.500. The minimum absolute atomic E-state index is 0.155. The Kier molecular flexibility index (Phi) is 5.53. The average Bonchev–Trinajstić information content (AvgIpc) is 2.37. The van der Waals surface area contributed by atoms with E-state index in [0.29, 0.717) is 13.0 Å². The van der Waals surface area contributed by atoms with Crippen LogP contribution in [0.1, 0.15) is 20.3 Å². The van der Waals surface area contributed by atoms with Crippen molar-refractivity contribution in [3.8, 4) is 5.75 Å². The van der Waals surface area contributed by atoms with E-state index in [4.69, 9.17) is 0 Å². The summed E-state index contributed by atoms with van der Waals surface area (Å²) in [5.74, 6) is -11.3. The maximum Gasteiger partial charge on any atom is 0.206 e. The molecule has 1 N–H and O–H groups in total. The number of benzene rings is 1. The van der Waals surface area contributed by atoms with Gasteiger partial charge in [0, 0.05) is 6.04 Å². The molecule has 7 heteroatoms. The molecule has 0 saturated carbocycles. The van der Waals surface area contributed by atoms with E-state index >= 15 is 0 Å². The highest BCUT2D eigenvalue weighted by Gasteiger charge is 2.26. The Bertz CT molecular complexity index is 421. The Labute approximate surface area is 107 Å². The molecule has 0 spiro atoms. The van der Waals surface area contributed by atoms with Gasteiger partial charge in [-0.2, -0.15) is 8.78 Å². The van der Waals surface area contributed by atoms with E-state index in [9.17, 15) is 22.0 Å². The van der Waals surface area contributed by atoms with Gasteiger partial charge in [-0.1, -0.05) is 13.8 Å². The van der Waals surface area contributed by atoms with Gasteiger partial charge in [0.1, 0.15) is 0 Å². The lowest BCUT2D eigenvalue weighted by atomic mass is 10.2. The van der Waals surface area contributed by atoms with Gasteiger partial charge in [-0.3, -0.25) is 0 Å². The zero-order chi connectivity index (χ0) is 14.6. The van der Waals surface area contributed by atoms with Crippen LogP contribution in [0.2, 0.25) is 0 Å². The second-order valence-corrected chi connectivity index (χ2v) is 4.21. The molecular weight excluding hydrogens is 269 g/mol. The van der Waals surface area contributed by atoms with Crippen LogP contribution in [0.4, 0.5) is 22.0 Å². The molecule has 0 atom stereocenters. The molecule has 0 fully saturated rings. The third kappa shape index (κ3) is 3.79. The van der Waals surface area contributed by atoms with E-state index in [0.717, 1.165) is 0 Å². The number of hydrogen-bond donors (Lipinski definition) is 1. The molecule has 0 saturated heterocycles. The molecule has 19 heavy (non-hydrogen) atoms. The van der Waals surface area contributed by atoms with Crippen LogP contribution in [0.5, 0.6) is 5.75 Å².